The molecule has 21 heavy (non-hydrogen) atoms. The van der Waals surface area contributed by atoms with E-state index in [4.69, 9.17) is 11.6 Å². The number of fused-ring (bicyclic) bond motifs is 1. The second kappa shape index (κ2) is 5.82. The van der Waals surface area contributed by atoms with Crippen molar-refractivity contribution in [3.63, 3.8) is 0 Å². The van der Waals surface area contributed by atoms with Gasteiger partial charge in [0.1, 0.15) is 17.2 Å². The van der Waals surface area contributed by atoms with Gasteiger partial charge in [-0.1, -0.05) is 43.1 Å². The first-order valence-electron chi connectivity index (χ1n) is 7.09. The minimum absolute atomic E-state index is 0.109. The quantitative estimate of drug-likeness (QED) is 0.815. The molecule has 1 atom stereocenters. The van der Waals surface area contributed by atoms with Gasteiger partial charge in [-0.25, -0.2) is 9.97 Å². The van der Waals surface area contributed by atoms with Crippen molar-refractivity contribution in [1.82, 2.24) is 9.97 Å². The van der Waals surface area contributed by atoms with Gasteiger partial charge in [-0.2, -0.15) is 0 Å². The Morgan fingerprint density at radius 1 is 1.38 bits per heavy atom. The van der Waals surface area contributed by atoms with E-state index >= 15 is 0 Å². The van der Waals surface area contributed by atoms with E-state index in [2.05, 4.69) is 23.0 Å². The molecular weight excluding hydrogens is 286 g/mol. The number of carbonyl (C=O) groups is 1. The van der Waals surface area contributed by atoms with E-state index in [0.717, 1.165) is 24.9 Å². The highest BCUT2D eigenvalue weighted by molar-refractivity contribution is 6.29. The summed E-state index contributed by atoms with van der Waals surface area (Å²) >= 11 is 5.87. The summed E-state index contributed by atoms with van der Waals surface area (Å²) in [6.07, 6.45) is 4.23. The number of nitrogens with zero attached hydrogens (tertiary/aromatic N) is 3. The summed E-state index contributed by atoms with van der Waals surface area (Å²) < 4.78 is 0. The molecule has 1 aromatic carbocycles. The third-order valence-corrected chi connectivity index (χ3v) is 3.97. The van der Waals surface area contributed by atoms with Crippen molar-refractivity contribution < 1.29 is 4.79 Å². The number of hydrogen-bond acceptors (Lipinski definition) is 3. The average Bonchev–Trinajstić information content (AvgIpc) is 2.85. The second-order valence-electron chi connectivity index (χ2n) is 5.18. The Morgan fingerprint density at radius 3 is 2.95 bits per heavy atom. The van der Waals surface area contributed by atoms with E-state index in [-0.39, 0.29) is 17.1 Å². The molecule has 1 amide bonds. The highest BCUT2D eigenvalue weighted by Gasteiger charge is 2.34. The molecule has 108 valence electrons. The molecular formula is C16H16ClN3O. The fourth-order valence-corrected chi connectivity index (χ4v) is 3.02. The zero-order valence-electron chi connectivity index (χ0n) is 11.8. The third kappa shape index (κ3) is 2.63. The van der Waals surface area contributed by atoms with Crippen molar-refractivity contribution in [2.75, 3.05) is 4.90 Å². The van der Waals surface area contributed by atoms with Crippen molar-refractivity contribution in [2.24, 2.45) is 0 Å². The van der Waals surface area contributed by atoms with Gasteiger partial charge in [0, 0.05) is 17.8 Å². The molecule has 1 aliphatic heterocycles. The van der Waals surface area contributed by atoms with Gasteiger partial charge in [-0.15, -0.1) is 0 Å². The van der Waals surface area contributed by atoms with Gasteiger partial charge in [0.2, 0.25) is 0 Å². The van der Waals surface area contributed by atoms with Crippen LogP contribution in [0.5, 0.6) is 0 Å². The van der Waals surface area contributed by atoms with Gasteiger partial charge in [0.25, 0.3) is 5.91 Å². The predicted molar refractivity (Wildman–Crippen MR) is 82.7 cm³/mol. The number of halogens is 1. The lowest BCUT2D eigenvalue weighted by molar-refractivity contribution is 0.0973. The summed E-state index contributed by atoms with van der Waals surface area (Å²) in [5, 5.41) is 0.285. The minimum atomic E-state index is -0.109. The lowest BCUT2D eigenvalue weighted by atomic mass is 10.1. The number of hydrogen-bond donors (Lipinski definition) is 0. The number of benzene rings is 1. The number of aromatic nitrogens is 2. The SMILES string of the molecule is CCCC1Cc2ccccc2N1C(=O)c1cc(Cl)ncn1. The van der Waals surface area contributed by atoms with Crippen LogP contribution in [0.2, 0.25) is 5.15 Å². The number of amides is 1. The fourth-order valence-electron chi connectivity index (χ4n) is 2.87. The molecule has 2 heterocycles. The van der Waals surface area contributed by atoms with Gasteiger partial charge in [0.15, 0.2) is 0 Å². The molecule has 5 heteroatoms. The number of carbonyl (C=O) groups excluding carboxylic acids is 1. The van der Waals surface area contributed by atoms with Crippen LogP contribution in [0.1, 0.15) is 35.8 Å². The van der Waals surface area contributed by atoms with Crippen LogP contribution in [-0.2, 0) is 6.42 Å². The van der Waals surface area contributed by atoms with Crippen LogP contribution in [0.4, 0.5) is 5.69 Å². The van der Waals surface area contributed by atoms with Crippen LogP contribution in [-0.4, -0.2) is 21.9 Å². The van der Waals surface area contributed by atoms with Crippen molar-refractivity contribution in [2.45, 2.75) is 32.2 Å². The highest BCUT2D eigenvalue weighted by Crippen LogP contribution is 2.34. The molecule has 0 fully saturated rings. The summed E-state index contributed by atoms with van der Waals surface area (Å²) in [5.41, 5.74) is 2.54. The largest absolute Gasteiger partial charge is 0.303 e. The standard InChI is InChI=1S/C16H16ClN3O/c1-2-5-12-8-11-6-3-4-7-14(11)20(12)16(21)13-9-15(17)19-10-18-13/h3-4,6-7,9-10,12H,2,5,8H2,1H3. The van der Waals surface area contributed by atoms with Gasteiger partial charge >= 0.3 is 0 Å². The van der Waals surface area contributed by atoms with Gasteiger partial charge < -0.3 is 4.90 Å². The molecule has 2 aromatic rings. The van der Waals surface area contributed by atoms with E-state index in [1.54, 1.807) is 0 Å². The van der Waals surface area contributed by atoms with E-state index in [1.807, 2.05) is 23.1 Å². The summed E-state index contributed by atoms with van der Waals surface area (Å²) in [6.45, 7) is 2.13. The average molecular weight is 302 g/mol. The highest BCUT2D eigenvalue weighted by atomic mass is 35.5. The molecule has 1 unspecified atom stereocenters. The number of anilines is 1. The maximum Gasteiger partial charge on any atom is 0.277 e. The van der Waals surface area contributed by atoms with Crippen molar-refractivity contribution in [1.29, 1.82) is 0 Å². The molecule has 1 aromatic heterocycles. The van der Waals surface area contributed by atoms with Crippen LogP contribution in [0.15, 0.2) is 36.7 Å². The number of para-hydroxylation sites is 1. The molecule has 4 nitrogen and oxygen atoms in total. The first-order chi connectivity index (χ1) is 10.2. The third-order valence-electron chi connectivity index (χ3n) is 3.77. The molecule has 0 saturated heterocycles. The molecule has 0 aliphatic carbocycles. The Morgan fingerprint density at radius 2 is 2.19 bits per heavy atom. The summed E-state index contributed by atoms with van der Waals surface area (Å²) in [6, 6.07) is 9.75. The van der Waals surface area contributed by atoms with Crippen molar-refractivity contribution in [3.05, 3.63) is 53.1 Å². The van der Waals surface area contributed by atoms with Crippen LogP contribution >= 0.6 is 11.6 Å². The van der Waals surface area contributed by atoms with E-state index in [0.29, 0.717) is 5.69 Å². The number of rotatable bonds is 3. The van der Waals surface area contributed by atoms with Gasteiger partial charge in [-0.3, -0.25) is 4.79 Å². The zero-order chi connectivity index (χ0) is 14.8. The Kier molecular flexibility index (Phi) is 3.88. The molecule has 0 radical (unpaired) electrons. The monoisotopic (exact) mass is 301 g/mol. The Hall–Kier alpha value is -1.94. The van der Waals surface area contributed by atoms with E-state index < -0.39 is 0 Å². The second-order valence-corrected chi connectivity index (χ2v) is 5.56. The summed E-state index contributed by atoms with van der Waals surface area (Å²) in [5.74, 6) is -0.109. The minimum Gasteiger partial charge on any atom is -0.303 e. The van der Waals surface area contributed by atoms with Crippen LogP contribution in [0, 0.1) is 0 Å². The van der Waals surface area contributed by atoms with Crippen LogP contribution in [0.25, 0.3) is 0 Å². The Balaban J connectivity index is 1.99. The molecule has 1 aliphatic rings. The zero-order valence-corrected chi connectivity index (χ0v) is 12.5. The maximum absolute atomic E-state index is 12.8. The summed E-state index contributed by atoms with van der Waals surface area (Å²) in [7, 11) is 0. The Labute approximate surface area is 128 Å². The molecule has 0 saturated carbocycles. The summed E-state index contributed by atoms with van der Waals surface area (Å²) in [4.78, 5) is 22.6. The van der Waals surface area contributed by atoms with Gasteiger partial charge in [0.05, 0.1) is 0 Å². The van der Waals surface area contributed by atoms with Crippen molar-refractivity contribution >= 4 is 23.2 Å². The van der Waals surface area contributed by atoms with Crippen LogP contribution < -0.4 is 4.90 Å². The lowest BCUT2D eigenvalue weighted by Gasteiger charge is -2.25. The van der Waals surface area contributed by atoms with Crippen LogP contribution in [0.3, 0.4) is 0 Å². The maximum atomic E-state index is 12.8. The first-order valence-corrected chi connectivity index (χ1v) is 7.47. The lowest BCUT2D eigenvalue weighted by Crippen LogP contribution is -2.38. The van der Waals surface area contributed by atoms with E-state index in [1.165, 1.54) is 18.0 Å². The fraction of sp³-hybridized carbons (Fsp3) is 0.312. The topological polar surface area (TPSA) is 46.1 Å². The predicted octanol–water partition coefficient (Wildman–Crippen LogP) is 3.50. The normalized spacial score (nSPS) is 16.9. The molecule has 0 bridgehead atoms. The van der Waals surface area contributed by atoms with Gasteiger partial charge in [-0.05, 0) is 24.5 Å². The molecule has 0 spiro atoms. The molecule has 3 rings (SSSR count). The molecule has 0 N–H and O–H groups in total. The van der Waals surface area contributed by atoms with E-state index in [9.17, 15) is 4.79 Å². The first kappa shape index (κ1) is 14.0. The Bertz CT molecular complexity index is 674. The smallest absolute Gasteiger partial charge is 0.277 e. The van der Waals surface area contributed by atoms with Crippen molar-refractivity contribution in [3.8, 4) is 0 Å².